The normalized spacial score (nSPS) is 16.7. The molecule has 0 N–H and O–H groups in total. The molecule has 0 saturated carbocycles. The van der Waals surface area contributed by atoms with Crippen molar-refractivity contribution >= 4 is 60.1 Å². The zero-order chi connectivity index (χ0) is 25.3. The second-order valence-corrected chi connectivity index (χ2v) is 9.99. The molecule has 182 valence electrons. The van der Waals surface area contributed by atoms with Crippen LogP contribution >= 0.6 is 31.0 Å². The number of Topliss-reactive ketones (excluding diaryl/α,β-unsaturated/α-hetero) is 1. The molecule has 0 amide bonds. The van der Waals surface area contributed by atoms with Gasteiger partial charge in [0.15, 0.2) is 0 Å². The number of hydrogen-bond acceptors (Lipinski definition) is 10. The van der Waals surface area contributed by atoms with E-state index in [1.54, 1.807) is 6.07 Å². The molecule has 1 heterocycles. The van der Waals surface area contributed by atoms with Crippen molar-refractivity contribution in [2.75, 3.05) is 13.6 Å². The van der Waals surface area contributed by atoms with Gasteiger partial charge in [-0.05, 0) is 29.8 Å². The number of hydrogen-bond donors (Lipinski definition) is 0. The van der Waals surface area contributed by atoms with Crippen molar-refractivity contribution < 1.29 is 42.0 Å². The minimum Gasteiger partial charge on any atom is -0.438 e. The largest absolute Gasteiger partial charge is 0.535 e. The molecule has 0 unspecified atom stereocenters. The monoisotopic (exact) mass is 531 g/mol. The Bertz CT molecular complexity index is 1180. The molecule has 1 aliphatic carbocycles. The maximum atomic E-state index is 13.1. The molecule has 0 radical (unpaired) electrons. The number of benzene rings is 1. The summed E-state index contributed by atoms with van der Waals surface area (Å²) in [6.45, 7) is 4.47. The third-order valence-electron chi connectivity index (χ3n) is 4.83. The van der Waals surface area contributed by atoms with Crippen LogP contribution in [0.1, 0.15) is 33.3 Å². The smallest absolute Gasteiger partial charge is 0.438 e. The maximum absolute atomic E-state index is 13.1. The van der Waals surface area contributed by atoms with Gasteiger partial charge in [-0.2, -0.15) is 0 Å². The summed E-state index contributed by atoms with van der Waals surface area (Å²) >= 11 is 12.3. The quantitative estimate of drug-likeness (QED) is 0.201. The van der Waals surface area contributed by atoms with Gasteiger partial charge in [-0.3, -0.25) is 14.4 Å². The van der Waals surface area contributed by atoms with Gasteiger partial charge in [-0.25, -0.2) is 18.6 Å². The Morgan fingerprint density at radius 3 is 2.21 bits per heavy atom. The molecule has 0 spiro atoms. The fourth-order valence-electron chi connectivity index (χ4n) is 3.27. The number of ether oxygens (including phenoxy) is 2. The lowest BCUT2D eigenvalue weighted by Gasteiger charge is -2.36. The van der Waals surface area contributed by atoms with Gasteiger partial charge in [-0.1, -0.05) is 37.0 Å². The topological polar surface area (TPSA) is 127 Å². The summed E-state index contributed by atoms with van der Waals surface area (Å²) < 4.78 is 37.8. The second-order valence-electron chi connectivity index (χ2n) is 7.62. The molecule has 1 aromatic carbocycles. The van der Waals surface area contributed by atoms with E-state index in [0.29, 0.717) is 22.5 Å². The lowest BCUT2D eigenvalue weighted by Crippen LogP contribution is -2.32. The number of halogens is 2. The summed E-state index contributed by atoms with van der Waals surface area (Å²) in [6.07, 6.45) is 1.46. The molecule has 0 atom stereocenters. The number of phosphoric ester groups is 1. The van der Waals surface area contributed by atoms with Crippen LogP contribution in [0.5, 0.6) is 5.75 Å². The van der Waals surface area contributed by atoms with E-state index < -0.39 is 44.5 Å². The van der Waals surface area contributed by atoms with Gasteiger partial charge in [-0.15, -0.1) is 0 Å². The number of fused-ring (bicyclic) bond motifs is 2. The van der Waals surface area contributed by atoms with Gasteiger partial charge in [0.2, 0.25) is 19.4 Å². The number of phosphoric acid groups is 1. The Morgan fingerprint density at radius 1 is 1.06 bits per heavy atom. The lowest BCUT2D eigenvalue weighted by molar-refractivity contribution is -0.150. The number of carbonyl (C=O) groups is 3. The third-order valence-corrected chi connectivity index (χ3v) is 6.74. The summed E-state index contributed by atoms with van der Waals surface area (Å²) in [5, 5.41) is -0.0872. The van der Waals surface area contributed by atoms with Gasteiger partial charge < -0.3 is 14.0 Å². The first-order chi connectivity index (χ1) is 15.8. The van der Waals surface area contributed by atoms with E-state index in [1.165, 1.54) is 18.2 Å². The van der Waals surface area contributed by atoms with Crippen molar-refractivity contribution in [2.45, 2.75) is 33.1 Å². The van der Waals surface area contributed by atoms with Crippen LogP contribution in [-0.2, 0) is 42.9 Å². The number of carbonyl (C=O) groups excluding carboxylic acids is 3. The van der Waals surface area contributed by atoms with Gasteiger partial charge >= 0.3 is 19.8 Å². The highest BCUT2D eigenvalue weighted by Crippen LogP contribution is 2.52. The molecule has 0 saturated heterocycles. The molecular formula is C21H20Cl2NO9P. The first-order valence-corrected chi connectivity index (χ1v) is 12.0. The maximum Gasteiger partial charge on any atom is 0.535 e. The molecule has 3 rings (SSSR count). The minimum absolute atomic E-state index is 0.0394. The minimum atomic E-state index is -4.40. The van der Waals surface area contributed by atoms with E-state index in [1.807, 2.05) is 13.8 Å². The van der Waals surface area contributed by atoms with E-state index in [0.717, 1.165) is 13.8 Å². The zero-order valence-electron chi connectivity index (χ0n) is 18.5. The van der Waals surface area contributed by atoms with Crippen LogP contribution in [0.15, 0.2) is 44.9 Å². The molecule has 0 bridgehead atoms. The van der Waals surface area contributed by atoms with Crippen molar-refractivity contribution in [3.63, 3.8) is 0 Å². The molecule has 0 aromatic heterocycles. The Labute approximate surface area is 205 Å². The highest BCUT2D eigenvalue weighted by atomic mass is 35.5. The number of esters is 2. The molecule has 2 aliphatic rings. The summed E-state index contributed by atoms with van der Waals surface area (Å²) in [5.41, 5.74) is 1.28. The predicted octanol–water partition coefficient (Wildman–Crippen LogP) is 4.81. The summed E-state index contributed by atoms with van der Waals surface area (Å²) in [7, 11) is -4.40. The van der Waals surface area contributed by atoms with Crippen LogP contribution in [0.3, 0.4) is 0 Å². The predicted molar refractivity (Wildman–Crippen MR) is 122 cm³/mol. The SMILES string of the molecule is CC(=O)OCOP(=O)(OCOC(C)=O)Oc1ccc2c(c1)C(C)(C)C1=C(Cl)C(=O)C(Cl)=CC1=N2. The first kappa shape index (κ1) is 26.1. The average Bonchev–Trinajstić information content (AvgIpc) is 2.71. The number of nitrogens with zero attached hydrogens (tertiary/aromatic N) is 1. The van der Waals surface area contributed by atoms with E-state index in [2.05, 4.69) is 14.5 Å². The lowest BCUT2D eigenvalue weighted by atomic mass is 9.71. The van der Waals surface area contributed by atoms with E-state index in [9.17, 15) is 18.9 Å². The fourth-order valence-corrected chi connectivity index (χ4v) is 4.87. The Morgan fingerprint density at radius 2 is 1.65 bits per heavy atom. The van der Waals surface area contributed by atoms with Crippen LogP contribution in [0, 0.1) is 0 Å². The van der Waals surface area contributed by atoms with Crippen LogP contribution in [0.2, 0.25) is 0 Å². The molecule has 34 heavy (non-hydrogen) atoms. The number of rotatable bonds is 8. The van der Waals surface area contributed by atoms with E-state index >= 15 is 0 Å². The Hall–Kier alpha value is -2.49. The van der Waals surface area contributed by atoms with Crippen molar-refractivity contribution in [3.05, 3.63) is 45.5 Å². The van der Waals surface area contributed by atoms with Crippen molar-refractivity contribution in [3.8, 4) is 5.75 Å². The van der Waals surface area contributed by atoms with Crippen molar-refractivity contribution in [2.24, 2.45) is 4.99 Å². The van der Waals surface area contributed by atoms with Gasteiger partial charge in [0, 0.05) is 24.8 Å². The summed E-state index contributed by atoms with van der Waals surface area (Å²) in [5.74, 6) is -1.83. The Balaban J connectivity index is 1.95. The summed E-state index contributed by atoms with van der Waals surface area (Å²) in [4.78, 5) is 38.9. The van der Waals surface area contributed by atoms with Crippen LogP contribution in [0.25, 0.3) is 0 Å². The summed E-state index contributed by atoms with van der Waals surface area (Å²) in [6, 6.07) is 4.60. The van der Waals surface area contributed by atoms with Gasteiger partial charge in [0.05, 0.1) is 21.5 Å². The average molecular weight is 532 g/mol. The van der Waals surface area contributed by atoms with Gasteiger partial charge in [0.25, 0.3) is 0 Å². The van der Waals surface area contributed by atoms with Gasteiger partial charge in [0.1, 0.15) is 5.75 Å². The molecule has 10 nitrogen and oxygen atoms in total. The standard InChI is InChI=1S/C21H20Cl2NO9P/c1-11(25)29-9-31-34(28,32-10-30-12(2)26)33-13-5-6-16-14(7-13)21(3,4)18-17(24-16)8-15(22)20(27)19(18)23/h5-8H,9-10H2,1-4H3. The van der Waals surface area contributed by atoms with Crippen LogP contribution in [-0.4, -0.2) is 37.0 Å². The molecule has 0 fully saturated rings. The highest BCUT2D eigenvalue weighted by molar-refractivity contribution is 7.48. The number of aliphatic imine (C=N–C) groups is 1. The second kappa shape index (κ2) is 10.0. The molecule has 13 heteroatoms. The zero-order valence-corrected chi connectivity index (χ0v) is 21.0. The van der Waals surface area contributed by atoms with Crippen molar-refractivity contribution in [1.82, 2.24) is 0 Å². The van der Waals surface area contributed by atoms with Crippen molar-refractivity contribution in [1.29, 1.82) is 0 Å². The molecule has 1 aliphatic heterocycles. The van der Waals surface area contributed by atoms with Crippen LogP contribution < -0.4 is 4.52 Å². The highest BCUT2D eigenvalue weighted by Gasteiger charge is 2.41. The van der Waals surface area contributed by atoms with Crippen LogP contribution in [0.4, 0.5) is 5.69 Å². The first-order valence-electron chi connectivity index (χ1n) is 9.75. The molecule has 1 aromatic rings. The molecular weight excluding hydrogens is 512 g/mol. The Kier molecular flexibility index (Phi) is 7.69. The van der Waals surface area contributed by atoms with E-state index in [4.69, 9.17) is 36.8 Å². The fraction of sp³-hybridized carbons (Fsp3) is 0.333. The van der Waals surface area contributed by atoms with E-state index in [-0.39, 0.29) is 15.8 Å². The third kappa shape index (κ3) is 5.59. The number of allylic oxidation sites excluding steroid dienone is 4. The number of ketones is 1.